The number of alkyl halides is 2. The molecular weight excluding hydrogens is 494 g/mol. The molecule has 1 saturated heterocycles. The largest absolute Gasteiger partial charge is 0.489 e. The van der Waals surface area contributed by atoms with E-state index in [4.69, 9.17) is 24.4 Å². The van der Waals surface area contributed by atoms with Gasteiger partial charge in [-0.25, -0.2) is 9.78 Å². The Balaban J connectivity index is 1.61. The number of rotatable bonds is 11. The van der Waals surface area contributed by atoms with Crippen molar-refractivity contribution in [3.8, 4) is 23.0 Å². The van der Waals surface area contributed by atoms with E-state index in [1.54, 1.807) is 7.11 Å². The number of piperazine rings is 1. The molecule has 1 atom stereocenters. The minimum absolute atomic E-state index is 0.0417. The van der Waals surface area contributed by atoms with Crippen molar-refractivity contribution in [1.82, 2.24) is 14.8 Å². The van der Waals surface area contributed by atoms with Gasteiger partial charge in [-0.05, 0) is 37.0 Å². The van der Waals surface area contributed by atoms with Crippen LogP contribution in [0.1, 0.15) is 29.1 Å². The number of esters is 1. The lowest BCUT2D eigenvalue weighted by Gasteiger charge is -2.39. The van der Waals surface area contributed by atoms with E-state index >= 15 is 0 Å². The van der Waals surface area contributed by atoms with Gasteiger partial charge >= 0.3 is 12.6 Å². The van der Waals surface area contributed by atoms with Crippen LogP contribution in [0.2, 0.25) is 0 Å². The molecule has 1 aliphatic heterocycles. The van der Waals surface area contributed by atoms with E-state index in [-0.39, 0.29) is 48.5 Å². The van der Waals surface area contributed by atoms with E-state index in [0.29, 0.717) is 31.4 Å². The molecule has 1 unspecified atom stereocenters. The fraction of sp³-hybridized carbons (Fsp3) is 0.542. The summed E-state index contributed by atoms with van der Waals surface area (Å²) in [5.41, 5.74) is 6.18. The average molecular weight is 525 g/mol. The molecule has 202 valence electrons. The molecule has 37 heavy (non-hydrogen) atoms. The van der Waals surface area contributed by atoms with Crippen LogP contribution in [-0.2, 0) is 20.8 Å². The minimum atomic E-state index is -3.02. The van der Waals surface area contributed by atoms with Gasteiger partial charge < -0.3 is 34.0 Å². The molecule has 0 spiro atoms. The van der Waals surface area contributed by atoms with Crippen LogP contribution in [-0.4, -0.2) is 86.5 Å². The Morgan fingerprint density at radius 2 is 2.00 bits per heavy atom. The first-order chi connectivity index (χ1) is 17.8. The molecule has 2 aliphatic rings. The number of halogens is 2. The van der Waals surface area contributed by atoms with Crippen molar-refractivity contribution in [2.75, 3.05) is 47.2 Å². The summed E-state index contributed by atoms with van der Waals surface area (Å²) < 4.78 is 51.9. The van der Waals surface area contributed by atoms with Gasteiger partial charge in [-0.1, -0.05) is 0 Å². The Kier molecular flexibility index (Phi) is 8.56. The zero-order valence-electron chi connectivity index (χ0n) is 20.7. The lowest BCUT2D eigenvalue weighted by Crippen LogP contribution is -2.58. The number of oxazole rings is 1. The summed E-state index contributed by atoms with van der Waals surface area (Å²) in [6.07, 6.45) is 2.03. The van der Waals surface area contributed by atoms with Crippen LogP contribution in [0.25, 0.3) is 11.5 Å². The molecule has 0 bridgehead atoms. The number of methoxy groups -OCH3 is 2. The molecule has 2 aromatic rings. The summed E-state index contributed by atoms with van der Waals surface area (Å²) in [6, 6.07) is 3.41. The Morgan fingerprint density at radius 1 is 1.22 bits per heavy atom. The van der Waals surface area contributed by atoms with Crippen LogP contribution in [0.3, 0.4) is 0 Å². The Labute approximate surface area is 212 Å². The molecule has 1 amide bonds. The minimum Gasteiger partial charge on any atom is -0.489 e. The molecule has 11 nitrogen and oxygen atoms in total. The van der Waals surface area contributed by atoms with Crippen LogP contribution < -0.4 is 15.2 Å². The highest BCUT2D eigenvalue weighted by Crippen LogP contribution is 2.37. The third-order valence-electron chi connectivity index (χ3n) is 6.17. The standard InChI is InChI=1S/C24H30F2N4O7/c1-33-13-29-7-8-30(16(11-29)23(32)34-2)22(31)20-19(10-27)36-21(28-20)15-5-6-17(37-24(25)26)18(9-15)35-12-14-3-4-14/h5-6,9,14,16,24H,3-4,7-8,10-13,27H2,1-2H3. The molecule has 0 radical (unpaired) electrons. The Bertz CT molecular complexity index is 1110. The number of hydrogen-bond donors (Lipinski definition) is 1. The number of amides is 1. The van der Waals surface area contributed by atoms with E-state index in [0.717, 1.165) is 12.8 Å². The van der Waals surface area contributed by atoms with Gasteiger partial charge in [-0.15, -0.1) is 0 Å². The van der Waals surface area contributed by atoms with E-state index in [1.807, 2.05) is 4.90 Å². The monoisotopic (exact) mass is 524 g/mol. The van der Waals surface area contributed by atoms with Crippen molar-refractivity contribution in [2.24, 2.45) is 11.7 Å². The van der Waals surface area contributed by atoms with Crippen molar-refractivity contribution < 1.29 is 41.7 Å². The molecule has 2 heterocycles. The smallest absolute Gasteiger partial charge is 0.387 e. The maximum atomic E-state index is 13.5. The summed E-state index contributed by atoms with van der Waals surface area (Å²) in [4.78, 5) is 33.6. The van der Waals surface area contributed by atoms with Gasteiger partial charge in [-0.3, -0.25) is 9.69 Å². The second-order valence-corrected chi connectivity index (χ2v) is 8.82. The molecule has 2 fully saturated rings. The number of hydrogen-bond acceptors (Lipinski definition) is 10. The fourth-order valence-corrected chi connectivity index (χ4v) is 4.08. The second-order valence-electron chi connectivity index (χ2n) is 8.82. The van der Waals surface area contributed by atoms with Crippen LogP contribution in [0.5, 0.6) is 11.5 Å². The molecule has 1 saturated carbocycles. The summed E-state index contributed by atoms with van der Waals surface area (Å²) >= 11 is 0. The van der Waals surface area contributed by atoms with Crippen LogP contribution in [0.15, 0.2) is 22.6 Å². The first-order valence-electron chi connectivity index (χ1n) is 11.9. The maximum Gasteiger partial charge on any atom is 0.387 e. The number of benzene rings is 1. The molecule has 1 aromatic heterocycles. The van der Waals surface area contributed by atoms with Gasteiger partial charge in [0, 0.05) is 32.3 Å². The molecule has 1 aromatic carbocycles. The van der Waals surface area contributed by atoms with Crippen LogP contribution >= 0.6 is 0 Å². The Hall–Kier alpha value is -3.29. The summed E-state index contributed by atoms with van der Waals surface area (Å²) in [5, 5.41) is 0. The van der Waals surface area contributed by atoms with Crippen molar-refractivity contribution >= 4 is 11.9 Å². The van der Waals surface area contributed by atoms with E-state index < -0.39 is 24.5 Å². The summed E-state index contributed by atoms with van der Waals surface area (Å²) in [6.45, 7) is -1.54. The number of carbonyl (C=O) groups is 2. The summed E-state index contributed by atoms with van der Waals surface area (Å²) in [5.74, 6) is -0.552. The van der Waals surface area contributed by atoms with E-state index in [1.165, 1.54) is 30.2 Å². The second kappa shape index (κ2) is 11.8. The maximum absolute atomic E-state index is 13.5. The third kappa shape index (κ3) is 6.35. The highest BCUT2D eigenvalue weighted by Gasteiger charge is 2.38. The molecule has 4 rings (SSSR count). The highest BCUT2D eigenvalue weighted by atomic mass is 19.3. The SMILES string of the molecule is COCN1CCN(C(=O)c2nc(-c3ccc(OC(F)F)c(OCC4CC4)c3)oc2CN)C(C(=O)OC)C1. The van der Waals surface area contributed by atoms with Gasteiger partial charge in [0.25, 0.3) is 5.91 Å². The quantitative estimate of drug-likeness (QED) is 0.436. The average Bonchev–Trinajstić information content (AvgIpc) is 3.63. The lowest BCUT2D eigenvalue weighted by molar-refractivity contribution is -0.149. The van der Waals surface area contributed by atoms with Gasteiger partial charge in [0.2, 0.25) is 5.89 Å². The number of nitrogens with zero attached hydrogens (tertiary/aromatic N) is 3. The lowest BCUT2D eigenvalue weighted by atomic mass is 10.1. The molecule has 1 aliphatic carbocycles. The van der Waals surface area contributed by atoms with Crippen molar-refractivity contribution in [1.29, 1.82) is 0 Å². The first-order valence-corrected chi connectivity index (χ1v) is 11.9. The number of ether oxygens (including phenoxy) is 4. The van der Waals surface area contributed by atoms with Crippen molar-refractivity contribution in [3.63, 3.8) is 0 Å². The van der Waals surface area contributed by atoms with Crippen molar-refractivity contribution in [3.05, 3.63) is 29.7 Å². The first kappa shape index (κ1) is 26.8. The van der Waals surface area contributed by atoms with Gasteiger partial charge in [0.05, 0.1) is 27.0 Å². The predicted molar refractivity (Wildman–Crippen MR) is 125 cm³/mol. The van der Waals surface area contributed by atoms with Crippen molar-refractivity contribution in [2.45, 2.75) is 32.0 Å². The number of aromatic nitrogens is 1. The summed E-state index contributed by atoms with van der Waals surface area (Å²) in [7, 11) is 2.80. The molecular formula is C24H30F2N4O7. The fourth-order valence-electron chi connectivity index (χ4n) is 4.08. The number of carbonyl (C=O) groups excluding carboxylic acids is 2. The van der Waals surface area contributed by atoms with Crippen LogP contribution in [0, 0.1) is 5.92 Å². The van der Waals surface area contributed by atoms with E-state index in [9.17, 15) is 18.4 Å². The van der Waals surface area contributed by atoms with Crippen LogP contribution in [0.4, 0.5) is 8.78 Å². The molecule has 13 heteroatoms. The van der Waals surface area contributed by atoms with Gasteiger partial charge in [-0.2, -0.15) is 8.78 Å². The molecule has 2 N–H and O–H groups in total. The number of nitrogens with two attached hydrogens (primary N) is 1. The Morgan fingerprint density at radius 3 is 2.65 bits per heavy atom. The predicted octanol–water partition coefficient (Wildman–Crippen LogP) is 2.09. The highest BCUT2D eigenvalue weighted by molar-refractivity contribution is 5.96. The zero-order chi connectivity index (χ0) is 26.5. The van der Waals surface area contributed by atoms with Gasteiger partial charge in [0.15, 0.2) is 23.0 Å². The normalized spacial score (nSPS) is 18.2. The zero-order valence-corrected chi connectivity index (χ0v) is 20.7. The topological polar surface area (TPSA) is 130 Å². The van der Waals surface area contributed by atoms with E-state index in [2.05, 4.69) is 9.72 Å². The third-order valence-corrected chi connectivity index (χ3v) is 6.17. The van der Waals surface area contributed by atoms with Gasteiger partial charge in [0.1, 0.15) is 6.04 Å².